The van der Waals surface area contributed by atoms with Crippen LogP contribution in [0.1, 0.15) is 21.5 Å². The average molecular weight is 336 g/mol. The molecule has 0 fully saturated rings. The number of rotatable bonds is 5. The van der Waals surface area contributed by atoms with Crippen LogP contribution in [0, 0.1) is 6.92 Å². The van der Waals surface area contributed by atoms with Gasteiger partial charge in [0.1, 0.15) is 0 Å². The number of carbonyl (C=O) groups excluding carboxylic acids is 1. The molecule has 2 aromatic carbocycles. The monoisotopic (exact) mass is 336 g/mol. The zero-order chi connectivity index (χ0) is 16.2. The van der Waals surface area contributed by atoms with Crippen LogP contribution in [0.5, 0.6) is 0 Å². The highest BCUT2D eigenvalue weighted by atomic mass is 32.8. The lowest BCUT2D eigenvalue weighted by Gasteiger charge is -2.09. The van der Waals surface area contributed by atoms with Crippen molar-refractivity contribution in [3.8, 4) is 0 Å². The van der Waals surface area contributed by atoms with E-state index in [9.17, 15) is 9.00 Å². The average Bonchev–Trinajstić information content (AvgIpc) is 2.53. The number of esters is 1. The van der Waals surface area contributed by atoms with E-state index in [1.165, 1.54) is 7.11 Å². The summed E-state index contributed by atoms with van der Waals surface area (Å²) in [5, 5.41) is 0. The molecule has 0 saturated carbocycles. The van der Waals surface area contributed by atoms with Crippen molar-refractivity contribution < 1.29 is 17.9 Å². The van der Waals surface area contributed by atoms with Gasteiger partial charge in [-0.25, -0.2) is 9.00 Å². The molecule has 2 rings (SSSR count). The minimum absolute atomic E-state index is 0.0566. The number of benzene rings is 2. The number of ether oxygens (including phenoxy) is 1. The van der Waals surface area contributed by atoms with Crippen LogP contribution in [-0.4, -0.2) is 17.3 Å². The molecule has 0 aliphatic carbocycles. The topological polar surface area (TPSA) is 52.6 Å². The molecule has 0 heterocycles. The Morgan fingerprint density at radius 3 is 2.50 bits per heavy atom. The van der Waals surface area contributed by atoms with E-state index in [1.807, 2.05) is 19.1 Å². The fourth-order valence-corrected chi connectivity index (χ4v) is 3.20. The Hall–Kier alpha value is -1.76. The SMILES string of the molecule is COC(=O)c1cccc(COS(=O)(=S)c2ccc(C)cc2)c1. The predicted octanol–water partition coefficient (Wildman–Crippen LogP) is 3.02. The van der Waals surface area contributed by atoms with Gasteiger partial charge in [-0.2, -0.15) is 0 Å². The van der Waals surface area contributed by atoms with Crippen LogP contribution < -0.4 is 0 Å². The summed E-state index contributed by atoms with van der Waals surface area (Å²) in [4.78, 5) is 11.9. The summed E-state index contributed by atoms with van der Waals surface area (Å²) < 4.78 is 22.5. The minimum Gasteiger partial charge on any atom is -0.465 e. The van der Waals surface area contributed by atoms with Gasteiger partial charge in [0.05, 0.1) is 24.2 Å². The third kappa shape index (κ3) is 4.13. The van der Waals surface area contributed by atoms with Crippen LogP contribution in [0.2, 0.25) is 0 Å². The van der Waals surface area contributed by atoms with E-state index >= 15 is 0 Å². The predicted molar refractivity (Wildman–Crippen MR) is 87.5 cm³/mol. The van der Waals surface area contributed by atoms with Crippen LogP contribution in [-0.2, 0) is 35.5 Å². The van der Waals surface area contributed by atoms with Crippen molar-refractivity contribution >= 4 is 25.9 Å². The van der Waals surface area contributed by atoms with Crippen molar-refractivity contribution in [3.63, 3.8) is 0 Å². The standard InChI is InChI=1S/C16H16O4S2/c1-12-6-8-15(9-7-12)22(18,21)20-11-13-4-3-5-14(10-13)16(17)19-2/h3-10H,11H2,1-2H3. The lowest BCUT2D eigenvalue weighted by atomic mass is 10.1. The van der Waals surface area contributed by atoms with Gasteiger partial charge in [-0.1, -0.05) is 29.8 Å². The molecule has 6 heteroatoms. The molecule has 22 heavy (non-hydrogen) atoms. The largest absolute Gasteiger partial charge is 0.465 e. The van der Waals surface area contributed by atoms with Crippen molar-refractivity contribution in [3.05, 3.63) is 65.2 Å². The molecule has 4 nitrogen and oxygen atoms in total. The van der Waals surface area contributed by atoms with E-state index in [0.29, 0.717) is 16.0 Å². The van der Waals surface area contributed by atoms with Gasteiger partial charge < -0.3 is 4.74 Å². The second-order valence-electron chi connectivity index (χ2n) is 4.72. The maximum absolute atomic E-state index is 12.4. The maximum Gasteiger partial charge on any atom is 0.337 e. The Morgan fingerprint density at radius 2 is 1.86 bits per heavy atom. The molecule has 0 aliphatic rings. The van der Waals surface area contributed by atoms with Crippen molar-refractivity contribution in [1.82, 2.24) is 0 Å². The molecule has 0 aliphatic heterocycles. The summed E-state index contributed by atoms with van der Waals surface area (Å²) >= 11 is 5.07. The Balaban J connectivity index is 2.12. The maximum atomic E-state index is 12.4. The van der Waals surface area contributed by atoms with Crippen molar-refractivity contribution in [2.75, 3.05) is 7.11 Å². The molecule has 0 spiro atoms. The highest BCUT2D eigenvalue weighted by Gasteiger charge is 2.12. The smallest absolute Gasteiger partial charge is 0.337 e. The van der Waals surface area contributed by atoms with Crippen LogP contribution in [0.15, 0.2) is 53.4 Å². The highest BCUT2D eigenvalue weighted by molar-refractivity contribution is 8.30. The third-order valence-electron chi connectivity index (χ3n) is 3.04. The lowest BCUT2D eigenvalue weighted by Crippen LogP contribution is -2.06. The van der Waals surface area contributed by atoms with Gasteiger partial charge in [0.15, 0.2) is 8.77 Å². The van der Waals surface area contributed by atoms with Crippen molar-refractivity contribution in [2.24, 2.45) is 0 Å². The molecule has 116 valence electrons. The molecular formula is C16H16O4S2. The molecule has 0 bridgehead atoms. The normalized spacial score (nSPS) is 13.4. The first-order valence-corrected chi connectivity index (χ1v) is 8.96. The molecular weight excluding hydrogens is 320 g/mol. The Morgan fingerprint density at radius 1 is 1.18 bits per heavy atom. The zero-order valence-corrected chi connectivity index (χ0v) is 13.9. The van der Waals surface area contributed by atoms with Crippen LogP contribution in [0.25, 0.3) is 0 Å². The van der Waals surface area contributed by atoms with Gasteiger partial charge in [-0.15, -0.1) is 0 Å². The fraction of sp³-hybridized carbons (Fsp3) is 0.188. The molecule has 0 saturated heterocycles. The zero-order valence-electron chi connectivity index (χ0n) is 12.3. The number of hydrogen-bond acceptors (Lipinski definition) is 5. The number of methoxy groups -OCH3 is 1. The van der Waals surface area contributed by atoms with Gasteiger partial charge in [-0.3, -0.25) is 4.18 Å². The third-order valence-corrected chi connectivity index (χ3v) is 5.18. The summed E-state index contributed by atoms with van der Waals surface area (Å²) in [6, 6.07) is 13.8. The van der Waals surface area contributed by atoms with E-state index < -0.39 is 14.7 Å². The Kier molecular flexibility index (Phi) is 5.28. The summed E-state index contributed by atoms with van der Waals surface area (Å²) in [6.45, 7) is 2.00. The van der Waals surface area contributed by atoms with Crippen molar-refractivity contribution in [2.45, 2.75) is 18.4 Å². The quantitative estimate of drug-likeness (QED) is 0.786. The van der Waals surface area contributed by atoms with E-state index in [-0.39, 0.29) is 6.61 Å². The van der Waals surface area contributed by atoms with E-state index in [2.05, 4.69) is 4.74 Å². The first-order chi connectivity index (χ1) is 10.4. The molecule has 0 amide bonds. The van der Waals surface area contributed by atoms with Gasteiger partial charge in [0.2, 0.25) is 0 Å². The van der Waals surface area contributed by atoms with Crippen LogP contribution in [0.4, 0.5) is 0 Å². The van der Waals surface area contributed by atoms with Gasteiger partial charge in [0.25, 0.3) is 0 Å². The first-order valence-electron chi connectivity index (χ1n) is 6.56. The number of aryl methyl sites for hydroxylation is 1. The van der Waals surface area contributed by atoms with Crippen molar-refractivity contribution in [1.29, 1.82) is 0 Å². The molecule has 0 aromatic heterocycles. The fourth-order valence-electron chi connectivity index (χ4n) is 1.82. The molecule has 0 radical (unpaired) electrons. The van der Waals surface area contributed by atoms with Crippen LogP contribution >= 0.6 is 0 Å². The van der Waals surface area contributed by atoms with Gasteiger partial charge in [-0.05, 0) is 36.8 Å². The van der Waals surface area contributed by atoms with E-state index in [4.69, 9.17) is 15.4 Å². The number of carbonyl (C=O) groups is 1. The summed E-state index contributed by atoms with van der Waals surface area (Å²) in [6.07, 6.45) is 0. The Bertz CT molecular complexity index is 765. The summed E-state index contributed by atoms with van der Waals surface area (Å²) in [5.74, 6) is -0.431. The molecule has 1 atom stereocenters. The summed E-state index contributed by atoms with van der Waals surface area (Å²) in [7, 11) is -1.68. The number of hydrogen-bond donors (Lipinski definition) is 0. The van der Waals surface area contributed by atoms with Gasteiger partial charge >= 0.3 is 5.97 Å². The molecule has 1 unspecified atom stereocenters. The van der Waals surface area contributed by atoms with Crippen LogP contribution in [0.3, 0.4) is 0 Å². The summed E-state index contributed by atoms with van der Waals surface area (Å²) in [5.41, 5.74) is 2.17. The Labute approximate surface area is 134 Å². The molecule has 0 N–H and O–H groups in total. The second-order valence-corrected chi connectivity index (χ2v) is 7.65. The molecule has 2 aromatic rings. The first kappa shape index (κ1) is 16.6. The minimum atomic E-state index is -3.00. The van der Waals surface area contributed by atoms with Gasteiger partial charge in [0, 0.05) is 11.2 Å². The lowest BCUT2D eigenvalue weighted by molar-refractivity contribution is 0.0600. The highest BCUT2D eigenvalue weighted by Crippen LogP contribution is 2.16. The van der Waals surface area contributed by atoms with E-state index in [1.54, 1.807) is 36.4 Å². The van der Waals surface area contributed by atoms with E-state index in [0.717, 1.165) is 5.56 Å². The second kappa shape index (κ2) is 7.00.